The third-order valence-corrected chi connectivity index (χ3v) is 4.20. The molecule has 2 amide bonds. The van der Waals surface area contributed by atoms with Crippen molar-refractivity contribution < 1.29 is 9.59 Å². The summed E-state index contributed by atoms with van der Waals surface area (Å²) in [7, 11) is 0. The van der Waals surface area contributed by atoms with Crippen LogP contribution >= 0.6 is 0 Å². The number of piperidine rings is 1. The van der Waals surface area contributed by atoms with Gasteiger partial charge in [0.2, 0.25) is 11.8 Å². The molecule has 0 aromatic heterocycles. The molecule has 0 spiro atoms. The molecule has 0 aromatic carbocycles. The summed E-state index contributed by atoms with van der Waals surface area (Å²) in [5.41, 5.74) is -0.449. The monoisotopic (exact) mass is 267 g/mol. The van der Waals surface area contributed by atoms with Crippen LogP contribution in [0.25, 0.3) is 0 Å². The van der Waals surface area contributed by atoms with E-state index >= 15 is 0 Å². The number of likely N-dealkylation sites (tertiary alicyclic amines) is 1. The quantitative estimate of drug-likeness (QED) is 0.786. The number of hydrogen-bond acceptors (Lipinski definition) is 3. The second kappa shape index (κ2) is 6.37. The summed E-state index contributed by atoms with van der Waals surface area (Å²) in [6.45, 7) is 5.06. The molecular weight excluding hydrogens is 242 g/mol. The van der Waals surface area contributed by atoms with Gasteiger partial charge in [0, 0.05) is 26.1 Å². The maximum Gasteiger partial charge on any atom is 0.240 e. The van der Waals surface area contributed by atoms with Gasteiger partial charge in [0.15, 0.2) is 0 Å². The summed E-state index contributed by atoms with van der Waals surface area (Å²) >= 11 is 0. The van der Waals surface area contributed by atoms with Crippen LogP contribution in [0, 0.1) is 0 Å². The highest BCUT2D eigenvalue weighted by Crippen LogP contribution is 2.18. The predicted octanol–water partition coefficient (Wildman–Crippen LogP) is 0.647. The molecule has 2 rings (SSSR count). The lowest BCUT2D eigenvalue weighted by Gasteiger charge is -2.33. The van der Waals surface area contributed by atoms with Crippen molar-refractivity contribution >= 4 is 11.8 Å². The first kappa shape index (κ1) is 14.3. The number of amides is 2. The summed E-state index contributed by atoms with van der Waals surface area (Å²) in [6, 6.07) is 0. The molecule has 2 aliphatic heterocycles. The number of nitrogens with one attached hydrogen (secondary N) is 2. The first-order chi connectivity index (χ1) is 9.12. The maximum atomic E-state index is 12.1. The first-order valence-corrected chi connectivity index (χ1v) is 7.43. The largest absolute Gasteiger partial charge is 0.354 e. The number of nitrogens with zero attached hydrogens (tertiary/aromatic N) is 1. The van der Waals surface area contributed by atoms with Crippen molar-refractivity contribution in [1.82, 2.24) is 15.5 Å². The van der Waals surface area contributed by atoms with Gasteiger partial charge in [-0.15, -0.1) is 0 Å². The molecule has 0 bridgehead atoms. The first-order valence-electron chi connectivity index (χ1n) is 7.43. The van der Waals surface area contributed by atoms with Crippen LogP contribution in [-0.2, 0) is 9.59 Å². The van der Waals surface area contributed by atoms with Crippen molar-refractivity contribution in [3.63, 3.8) is 0 Å². The number of carbonyl (C=O) groups excluding carboxylic acids is 2. The van der Waals surface area contributed by atoms with Crippen molar-refractivity contribution in [2.24, 2.45) is 0 Å². The highest BCUT2D eigenvalue weighted by Gasteiger charge is 2.33. The average Bonchev–Trinajstić information content (AvgIpc) is 2.93. The zero-order valence-corrected chi connectivity index (χ0v) is 11.8. The van der Waals surface area contributed by atoms with E-state index in [0.29, 0.717) is 13.0 Å². The van der Waals surface area contributed by atoms with Crippen LogP contribution in [0.3, 0.4) is 0 Å². The molecule has 2 heterocycles. The van der Waals surface area contributed by atoms with Gasteiger partial charge in [-0.1, -0.05) is 0 Å². The second-order valence-corrected chi connectivity index (χ2v) is 5.81. The summed E-state index contributed by atoms with van der Waals surface area (Å²) in [5.74, 6) is 0.195. The summed E-state index contributed by atoms with van der Waals surface area (Å²) in [5, 5.41) is 6.18. The van der Waals surface area contributed by atoms with Gasteiger partial charge in [0.05, 0.1) is 5.54 Å². The topological polar surface area (TPSA) is 61.4 Å². The number of carbonyl (C=O) groups is 2. The molecule has 19 heavy (non-hydrogen) atoms. The molecule has 108 valence electrons. The van der Waals surface area contributed by atoms with E-state index in [9.17, 15) is 9.59 Å². The highest BCUT2D eigenvalue weighted by molar-refractivity contribution is 5.86. The van der Waals surface area contributed by atoms with Gasteiger partial charge in [0.25, 0.3) is 0 Å². The van der Waals surface area contributed by atoms with Crippen LogP contribution in [0.5, 0.6) is 0 Å². The number of hydrogen-bond donors (Lipinski definition) is 2. The van der Waals surface area contributed by atoms with Crippen molar-refractivity contribution in [3.05, 3.63) is 0 Å². The van der Waals surface area contributed by atoms with Gasteiger partial charge in [-0.05, 0) is 45.6 Å². The molecule has 1 atom stereocenters. The minimum atomic E-state index is -0.449. The van der Waals surface area contributed by atoms with Crippen molar-refractivity contribution in [1.29, 1.82) is 0 Å². The summed E-state index contributed by atoms with van der Waals surface area (Å²) in [6.07, 6.45) is 5.74. The lowest BCUT2D eigenvalue weighted by Crippen LogP contribution is -2.57. The van der Waals surface area contributed by atoms with E-state index in [1.54, 1.807) is 0 Å². The van der Waals surface area contributed by atoms with E-state index < -0.39 is 5.54 Å². The van der Waals surface area contributed by atoms with Crippen LogP contribution in [-0.4, -0.2) is 48.4 Å². The molecule has 2 N–H and O–H groups in total. The van der Waals surface area contributed by atoms with Gasteiger partial charge >= 0.3 is 0 Å². The molecule has 1 unspecified atom stereocenters. The summed E-state index contributed by atoms with van der Waals surface area (Å²) in [4.78, 5) is 25.9. The lowest BCUT2D eigenvalue weighted by atomic mass is 9.90. The van der Waals surface area contributed by atoms with E-state index in [-0.39, 0.29) is 11.8 Å². The fourth-order valence-electron chi connectivity index (χ4n) is 2.85. The fraction of sp³-hybridized carbons (Fsp3) is 0.857. The van der Waals surface area contributed by atoms with Gasteiger partial charge in [0.1, 0.15) is 0 Å². The Bertz CT molecular complexity index is 332. The zero-order valence-electron chi connectivity index (χ0n) is 11.8. The van der Waals surface area contributed by atoms with E-state index in [0.717, 1.165) is 51.7 Å². The number of rotatable bonds is 4. The highest BCUT2D eigenvalue weighted by atomic mass is 16.2. The van der Waals surface area contributed by atoms with Gasteiger partial charge in [-0.25, -0.2) is 0 Å². The molecule has 5 heteroatoms. The van der Waals surface area contributed by atoms with Crippen LogP contribution in [0.2, 0.25) is 0 Å². The second-order valence-electron chi connectivity index (χ2n) is 5.81. The zero-order chi connectivity index (χ0) is 13.7. The SMILES string of the molecule is CC1(C(=O)NCCC(=O)N2CCCC2)CCCCN1. The Kier molecular flexibility index (Phi) is 4.80. The predicted molar refractivity (Wildman–Crippen MR) is 73.7 cm³/mol. The smallest absolute Gasteiger partial charge is 0.240 e. The average molecular weight is 267 g/mol. The Morgan fingerprint density at radius 2 is 1.95 bits per heavy atom. The molecule has 2 fully saturated rings. The lowest BCUT2D eigenvalue weighted by molar-refractivity contribution is -0.130. The minimum absolute atomic E-state index is 0.0291. The van der Waals surface area contributed by atoms with Crippen LogP contribution in [0.15, 0.2) is 0 Å². The Morgan fingerprint density at radius 1 is 1.21 bits per heavy atom. The molecule has 2 saturated heterocycles. The van der Waals surface area contributed by atoms with Crippen LogP contribution in [0.4, 0.5) is 0 Å². The normalized spacial score (nSPS) is 27.3. The van der Waals surface area contributed by atoms with Gasteiger partial charge in [-0.2, -0.15) is 0 Å². The Hall–Kier alpha value is -1.10. The van der Waals surface area contributed by atoms with E-state index in [1.807, 2.05) is 11.8 Å². The van der Waals surface area contributed by atoms with Gasteiger partial charge < -0.3 is 15.5 Å². The van der Waals surface area contributed by atoms with Crippen molar-refractivity contribution in [2.45, 2.75) is 51.0 Å². The van der Waals surface area contributed by atoms with E-state index in [2.05, 4.69) is 10.6 Å². The molecule has 2 aliphatic rings. The van der Waals surface area contributed by atoms with Gasteiger partial charge in [-0.3, -0.25) is 9.59 Å². The van der Waals surface area contributed by atoms with E-state index in [4.69, 9.17) is 0 Å². The Balaban J connectivity index is 1.69. The fourth-order valence-corrected chi connectivity index (χ4v) is 2.85. The standard InChI is InChI=1S/C14H25N3O2/c1-14(7-2-3-8-16-14)13(19)15-9-6-12(18)17-10-4-5-11-17/h16H,2-11H2,1H3,(H,15,19). The summed E-state index contributed by atoms with van der Waals surface area (Å²) < 4.78 is 0. The molecule has 5 nitrogen and oxygen atoms in total. The van der Waals surface area contributed by atoms with Crippen molar-refractivity contribution in [2.75, 3.05) is 26.2 Å². The maximum absolute atomic E-state index is 12.1. The van der Waals surface area contributed by atoms with E-state index in [1.165, 1.54) is 0 Å². The van der Waals surface area contributed by atoms with Crippen LogP contribution in [0.1, 0.15) is 45.4 Å². The Morgan fingerprint density at radius 3 is 2.58 bits per heavy atom. The molecule has 0 aromatic rings. The molecular formula is C14H25N3O2. The van der Waals surface area contributed by atoms with Crippen molar-refractivity contribution in [3.8, 4) is 0 Å². The molecule has 0 aliphatic carbocycles. The third-order valence-electron chi connectivity index (χ3n) is 4.20. The third kappa shape index (κ3) is 3.69. The molecule has 0 radical (unpaired) electrons. The Labute approximate surface area is 115 Å². The minimum Gasteiger partial charge on any atom is -0.354 e. The van der Waals surface area contributed by atoms with Crippen LogP contribution < -0.4 is 10.6 Å². The molecule has 0 saturated carbocycles.